The largest absolute Gasteiger partial charge is 0.479 e. The van der Waals surface area contributed by atoms with Crippen molar-refractivity contribution in [3.8, 4) is 5.75 Å². The number of thiol groups is 1. The zero-order chi connectivity index (χ0) is 11.5. The zero-order valence-electron chi connectivity index (χ0n) is 8.99. The molecule has 1 atom stereocenters. The molecule has 0 bridgehead atoms. The highest BCUT2D eigenvalue weighted by atomic mass is 32.1. The van der Waals surface area contributed by atoms with Crippen LogP contribution in [0, 0.1) is 0 Å². The SMILES string of the molecule is CC1Oc2ccc(NCCS)cc2NC1=O. The van der Waals surface area contributed by atoms with Crippen LogP contribution in [0.25, 0.3) is 0 Å². The maximum atomic E-state index is 11.4. The van der Waals surface area contributed by atoms with E-state index in [4.69, 9.17) is 4.74 Å². The van der Waals surface area contributed by atoms with E-state index in [1.54, 1.807) is 6.92 Å². The molecule has 1 aliphatic heterocycles. The molecule has 2 N–H and O–H groups in total. The molecule has 1 heterocycles. The smallest absolute Gasteiger partial charge is 0.265 e. The summed E-state index contributed by atoms with van der Waals surface area (Å²) < 4.78 is 5.45. The molecule has 1 unspecified atom stereocenters. The number of rotatable bonds is 3. The molecule has 1 aromatic rings. The summed E-state index contributed by atoms with van der Waals surface area (Å²) in [5, 5.41) is 5.99. The Morgan fingerprint density at radius 2 is 2.38 bits per heavy atom. The van der Waals surface area contributed by atoms with E-state index in [0.29, 0.717) is 11.4 Å². The molecule has 1 amide bonds. The molecular formula is C11H14N2O2S. The fourth-order valence-electron chi connectivity index (χ4n) is 1.52. The van der Waals surface area contributed by atoms with Crippen LogP contribution in [0.2, 0.25) is 0 Å². The van der Waals surface area contributed by atoms with Crippen LogP contribution in [0.3, 0.4) is 0 Å². The number of nitrogens with one attached hydrogen (secondary N) is 2. The van der Waals surface area contributed by atoms with Crippen LogP contribution in [0.15, 0.2) is 18.2 Å². The third-order valence-electron chi connectivity index (χ3n) is 2.35. The lowest BCUT2D eigenvalue weighted by Crippen LogP contribution is -2.34. The summed E-state index contributed by atoms with van der Waals surface area (Å²) in [6.45, 7) is 2.51. The van der Waals surface area contributed by atoms with Gasteiger partial charge in [0, 0.05) is 18.0 Å². The Hall–Kier alpha value is -1.36. The molecule has 5 heteroatoms. The van der Waals surface area contributed by atoms with Gasteiger partial charge in [0.05, 0.1) is 5.69 Å². The maximum absolute atomic E-state index is 11.4. The van der Waals surface area contributed by atoms with Crippen LogP contribution in [0.1, 0.15) is 6.92 Å². The van der Waals surface area contributed by atoms with Gasteiger partial charge in [-0.05, 0) is 25.1 Å². The summed E-state index contributed by atoms with van der Waals surface area (Å²) in [6, 6.07) is 5.64. The average Bonchev–Trinajstić information content (AvgIpc) is 2.28. The summed E-state index contributed by atoms with van der Waals surface area (Å²) in [6.07, 6.45) is -0.427. The minimum absolute atomic E-state index is 0.112. The number of anilines is 2. The fourth-order valence-corrected chi connectivity index (χ4v) is 1.63. The van der Waals surface area contributed by atoms with Crippen LogP contribution in [-0.4, -0.2) is 24.3 Å². The van der Waals surface area contributed by atoms with Crippen molar-refractivity contribution in [1.29, 1.82) is 0 Å². The standard InChI is InChI=1S/C11H14N2O2S/c1-7-11(14)13-9-6-8(12-4-5-16)2-3-10(9)15-7/h2-3,6-7,12,16H,4-5H2,1H3,(H,13,14). The van der Waals surface area contributed by atoms with Crippen molar-refractivity contribution in [2.45, 2.75) is 13.0 Å². The third-order valence-corrected chi connectivity index (χ3v) is 2.57. The first-order valence-corrected chi connectivity index (χ1v) is 5.80. The molecule has 86 valence electrons. The van der Waals surface area contributed by atoms with Crippen molar-refractivity contribution in [1.82, 2.24) is 0 Å². The molecule has 0 spiro atoms. The lowest BCUT2D eigenvalue weighted by Gasteiger charge is -2.23. The van der Waals surface area contributed by atoms with Crippen LogP contribution < -0.4 is 15.4 Å². The molecular weight excluding hydrogens is 224 g/mol. The van der Waals surface area contributed by atoms with Crippen LogP contribution >= 0.6 is 12.6 Å². The van der Waals surface area contributed by atoms with Gasteiger partial charge in [0.1, 0.15) is 5.75 Å². The van der Waals surface area contributed by atoms with E-state index in [1.165, 1.54) is 0 Å². The van der Waals surface area contributed by atoms with E-state index in [1.807, 2.05) is 18.2 Å². The molecule has 1 aromatic carbocycles. The number of benzene rings is 1. The van der Waals surface area contributed by atoms with Crippen molar-refractivity contribution in [2.75, 3.05) is 22.9 Å². The van der Waals surface area contributed by atoms with Crippen molar-refractivity contribution in [3.63, 3.8) is 0 Å². The number of carbonyl (C=O) groups excluding carboxylic acids is 1. The van der Waals surface area contributed by atoms with Gasteiger partial charge in [0.2, 0.25) is 0 Å². The van der Waals surface area contributed by atoms with E-state index in [9.17, 15) is 4.79 Å². The summed E-state index contributed by atoms with van der Waals surface area (Å²) in [5.41, 5.74) is 1.67. The van der Waals surface area contributed by atoms with E-state index in [2.05, 4.69) is 23.3 Å². The van der Waals surface area contributed by atoms with Gasteiger partial charge >= 0.3 is 0 Å². The highest BCUT2D eigenvalue weighted by Gasteiger charge is 2.23. The van der Waals surface area contributed by atoms with Crippen molar-refractivity contribution in [3.05, 3.63) is 18.2 Å². The molecule has 2 rings (SSSR count). The minimum atomic E-state index is -0.427. The van der Waals surface area contributed by atoms with Gasteiger partial charge < -0.3 is 15.4 Å². The Morgan fingerprint density at radius 1 is 1.56 bits per heavy atom. The number of hydrogen-bond donors (Lipinski definition) is 3. The van der Waals surface area contributed by atoms with Crippen LogP contribution in [0.5, 0.6) is 5.75 Å². The van der Waals surface area contributed by atoms with Gasteiger partial charge in [-0.15, -0.1) is 0 Å². The highest BCUT2D eigenvalue weighted by molar-refractivity contribution is 7.80. The molecule has 0 radical (unpaired) electrons. The molecule has 0 saturated heterocycles. The quantitative estimate of drug-likeness (QED) is 0.703. The Kier molecular flexibility index (Phi) is 3.24. The van der Waals surface area contributed by atoms with Gasteiger partial charge in [-0.3, -0.25) is 4.79 Å². The monoisotopic (exact) mass is 238 g/mol. The van der Waals surface area contributed by atoms with Gasteiger partial charge in [-0.25, -0.2) is 0 Å². The van der Waals surface area contributed by atoms with Crippen molar-refractivity contribution < 1.29 is 9.53 Å². The lowest BCUT2D eigenvalue weighted by molar-refractivity contribution is -0.122. The maximum Gasteiger partial charge on any atom is 0.265 e. The molecule has 0 aliphatic carbocycles. The second-order valence-corrected chi connectivity index (χ2v) is 4.06. The zero-order valence-corrected chi connectivity index (χ0v) is 9.88. The third kappa shape index (κ3) is 2.24. The normalized spacial score (nSPS) is 18.4. The number of hydrogen-bond acceptors (Lipinski definition) is 4. The van der Waals surface area contributed by atoms with Crippen LogP contribution in [-0.2, 0) is 4.79 Å². The van der Waals surface area contributed by atoms with E-state index in [0.717, 1.165) is 18.0 Å². The van der Waals surface area contributed by atoms with E-state index < -0.39 is 6.10 Å². The first-order valence-electron chi connectivity index (χ1n) is 5.17. The second-order valence-electron chi connectivity index (χ2n) is 3.61. The minimum Gasteiger partial charge on any atom is -0.479 e. The molecule has 16 heavy (non-hydrogen) atoms. The first kappa shape index (κ1) is 11.1. The van der Waals surface area contributed by atoms with Gasteiger partial charge in [0.25, 0.3) is 5.91 Å². The Labute approximate surface area is 99.8 Å². The molecule has 0 aromatic heterocycles. The predicted molar refractivity (Wildman–Crippen MR) is 67.5 cm³/mol. The van der Waals surface area contributed by atoms with Crippen molar-refractivity contribution in [2.24, 2.45) is 0 Å². The number of fused-ring (bicyclic) bond motifs is 1. The van der Waals surface area contributed by atoms with Crippen LogP contribution in [0.4, 0.5) is 11.4 Å². The Balaban J connectivity index is 2.19. The van der Waals surface area contributed by atoms with Crippen molar-refractivity contribution >= 4 is 29.9 Å². The van der Waals surface area contributed by atoms with Gasteiger partial charge in [-0.2, -0.15) is 12.6 Å². The highest BCUT2D eigenvalue weighted by Crippen LogP contribution is 2.31. The Morgan fingerprint density at radius 3 is 3.12 bits per heavy atom. The summed E-state index contributed by atoms with van der Waals surface area (Å²) in [7, 11) is 0. The summed E-state index contributed by atoms with van der Waals surface area (Å²) in [4.78, 5) is 11.4. The predicted octanol–water partition coefficient (Wildman–Crippen LogP) is 1.75. The van der Waals surface area contributed by atoms with E-state index >= 15 is 0 Å². The molecule has 4 nitrogen and oxygen atoms in total. The Bertz CT molecular complexity index is 409. The molecule has 0 fully saturated rings. The average molecular weight is 238 g/mol. The fraction of sp³-hybridized carbons (Fsp3) is 0.364. The summed E-state index contributed by atoms with van der Waals surface area (Å²) >= 11 is 4.12. The first-order chi connectivity index (χ1) is 7.70. The number of carbonyl (C=O) groups is 1. The molecule has 0 saturated carbocycles. The lowest BCUT2D eigenvalue weighted by atomic mass is 10.2. The van der Waals surface area contributed by atoms with Gasteiger partial charge in [0.15, 0.2) is 6.10 Å². The second kappa shape index (κ2) is 4.65. The number of ether oxygens (including phenoxy) is 1. The van der Waals surface area contributed by atoms with Gasteiger partial charge in [-0.1, -0.05) is 0 Å². The number of amides is 1. The van der Waals surface area contributed by atoms with E-state index in [-0.39, 0.29) is 5.91 Å². The summed E-state index contributed by atoms with van der Waals surface area (Å²) in [5.74, 6) is 1.36. The topological polar surface area (TPSA) is 50.4 Å². The molecule has 1 aliphatic rings.